The molecule has 0 saturated carbocycles. The second kappa shape index (κ2) is 9.24. The normalized spacial score (nSPS) is 17.6. The van der Waals surface area contributed by atoms with Gasteiger partial charge in [-0.15, -0.1) is 0 Å². The summed E-state index contributed by atoms with van der Waals surface area (Å²) in [5.41, 5.74) is 1.58. The maximum Gasteiger partial charge on any atom is 0.295 e. The number of hydrogen-bond acceptors (Lipinski definition) is 5. The third-order valence-electron chi connectivity index (χ3n) is 5.30. The van der Waals surface area contributed by atoms with Gasteiger partial charge >= 0.3 is 0 Å². The maximum atomic E-state index is 13.4. The first-order valence-corrected chi connectivity index (χ1v) is 10.5. The SMILES string of the molecule is CC(C)Oc1ccc(C2/C(=C(\O)c3ccc(F)cc3)C(=O)C(=O)N2Cc2cccnc2)cc1. The molecule has 1 aromatic heterocycles. The average molecular weight is 446 g/mol. The highest BCUT2D eigenvalue weighted by Gasteiger charge is 2.46. The van der Waals surface area contributed by atoms with E-state index in [-0.39, 0.29) is 29.5 Å². The molecular weight excluding hydrogens is 423 g/mol. The molecule has 2 heterocycles. The molecule has 33 heavy (non-hydrogen) atoms. The lowest BCUT2D eigenvalue weighted by atomic mass is 9.95. The van der Waals surface area contributed by atoms with Crippen molar-refractivity contribution in [2.24, 2.45) is 0 Å². The fourth-order valence-electron chi connectivity index (χ4n) is 3.84. The zero-order valence-corrected chi connectivity index (χ0v) is 18.2. The molecule has 1 aliphatic rings. The van der Waals surface area contributed by atoms with E-state index in [0.29, 0.717) is 11.3 Å². The third kappa shape index (κ3) is 4.62. The van der Waals surface area contributed by atoms with E-state index in [0.717, 1.165) is 5.56 Å². The summed E-state index contributed by atoms with van der Waals surface area (Å²) in [6, 6.07) is 14.9. The van der Waals surface area contributed by atoms with Crippen molar-refractivity contribution in [1.82, 2.24) is 9.88 Å². The summed E-state index contributed by atoms with van der Waals surface area (Å²) in [6.45, 7) is 3.96. The van der Waals surface area contributed by atoms with Crippen LogP contribution in [0.3, 0.4) is 0 Å². The Bertz CT molecular complexity index is 1190. The number of carbonyl (C=O) groups is 2. The van der Waals surface area contributed by atoms with Crippen molar-refractivity contribution in [3.63, 3.8) is 0 Å². The number of Topliss-reactive ketones (excluding diaryl/α,β-unsaturated/α-hetero) is 1. The van der Waals surface area contributed by atoms with Crippen LogP contribution in [0.1, 0.15) is 36.6 Å². The van der Waals surface area contributed by atoms with Crippen LogP contribution in [0.2, 0.25) is 0 Å². The van der Waals surface area contributed by atoms with Gasteiger partial charge in [-0.1, -0.05) is 18.2 Å². The van der Waals surface area contributed by atoms with Crippen LogP contribution in [0.4, 0.5) is 4.39 Å². The van der Waals surface area contributed by atoms with Gasteiger partial charge in [0.25, 0.3) is 11.7 Å². The summed E-state index contributed by atoms with van der Waals surface area (Å²) in [6.07, 6.45) is 3.23. The molecule has 1 aliphatic heterocycles. The van der Waals surface area contributed by atoms with E-state index >= 15 is 0 Å². The molecule has 0 spiro atoms. The molecule has 1 fully saturated rings. The lowest BCUT2D eigenvalue weighted by Gasteiger charge is -2.25. The quantitative estimate of drug-likeness (QED) is 0.339. The zero-order valence-electron chi connectivity index (χ0n) is 18.2. The van der Waals surface area contributed by atoms with Crippen molar-refractivity contribution < 1.29 is 23.8 Å². The molecule has 1 saturated heterocycles. The highest BCUT2D eigenvalue weighted by atomic mass is 19.1. The van der Waals surface area contributed by atoms with Crippen molar-refractivity contribution in [2.45, 2.75) is 32.5 Å². The second-order valence-electron chi connectivity index (χ2n) is 8.03. The molecule has 168 valence electrons. The summed E-state index contributed by atoms with van der Waals surface area (Å²) in [7, 11) is 0. The first-order chi connectivity index (χ1) is 15.8. The highest BCUT2D eigenvalue weighted by molar-refractivity contribution is 6.46. The van der Waals surface area contributed by atoms with Crippen molar-refractivity contribution in [3.05, 3.63) is 101 Å². The molecule has 1 amide bonds. The van der Waals surface area contributed by atoms with Crippen molar-refractivity contribution in [3.8, 4) is 5.75 Å². The van der Waals surface area contributed by atoms with Crippen LogP contribution in [-0.4, -0.2) is 32.8 Å². The van der Waals surface area contributed by atoms with Crippen LogP contribution in [0.25, 0.3) is 5.76 Å². The lowest BCUT2D eigenvalue weighted by Crippen LogP contribution is -2.29. The maximum absolute atomic E-state index is 13.4. The first kappa shape index (κ1) is 22.2. The number of carbonyl (C=O) groups excluding carboxylic acids is 2. The number of rotatable bonds is 6. The number of nitrogens with zero attached hydrogens (tertiary/aromatic N) is 2. The lowest BCUT2D eigenvalue weighted by molar-refractivity contribution is -0.140. The number of pyridine rings is 1. The minimum Gasteiger partial charge on any atom is -0.507 e. The van der Waals surface area contributed by atoms with E-state index in [1.807, 2.05) is 19.9 Å². The molecular formula is C26H23FN2O4. The van der Waals surface area contributed by atoms with E-state index in [2.05, 4.69) is 4.98 Å². The van der Waals surface area contributed by atoms with E-state index in [9.17, 15) is 19.1 Å². The number of likely N-dealkylation sites (tertiary alicyclic amines) is 1. The minimum atomic E-state index is -0.830. The summed E-state index contributed by atoms with van der Waals surface area (Å²) < 4.78 is 19.1. The van der Waals surface area contributed by atoms with Gasteiger partial charge in [-0.05, 0) is 67.4 Å². The molecule has 0 radical (unpaired) electrons. The van der Waals surface area contributed by atoms with Gasteiger partial charge in [0.1, 0.15) is 17.3 Å². The number of aliphatic hydroxyl groups is 1. The summed E-state index contributed by atoms with van der Waals surface area (Å²) in [5, 5.41) is 11.0. The van der Waals surface area contributed by atoms with Gasteiger partial charge in [0.15, 0.2) is 0 Å². The predicted molar refractivity (Wildman–Crippen MR) is 121 cm³/mol. The van der Waals surface area contributed by atoms with Gasteiger partial charge in [0.2, 0.25) is 0 Å². The second-order valence-corrected chi connectivity index (χ2v) is 8.03. The molecule has 1 atom stereocenters. The Morgan fingerprint density at radius 2 is 1.79 bits per heavy atom. The van der Waals surface area contributed by atoms with Crippen LogP contribution >= 0.6 is 0 Å². The number of aliphatic hydroxyl groups excluding tert-OH is 1. The van der Waals surface area contributed by atoms with Gasteiger partial charge in [-0.25, -0.2) is 4.39 Å². The Kier molecular flexibility index (Phi) is 6.22. The van der Waals surface area contributed by atoms with E-state index < -0.39 is 23.5 Å². The topological polar surface area (TPSA) is 79.7 Å². The number of amides is 1. The van der Waals surface area contributed by atoms with Gasteiger partial charge in [0, 0.05) is 24.5 Å². The Hall–Kier alpha value is -4.00. The molecule has 7 heteroatoms. The van der Waals surface area contributed by atoms with Crippen LogP contribution in [0.5, 0.6) is 5.75 Å². The Morgan fingerprint density at radius 3 is 2.39 bits per heavy atom. The van der Waals surface area contributed by atoms with Crippen LogP contribution in [0, 0.1) is 5.82 Å². The van der Waals surface area contributed by atoms with Gasteiger partial charge in [-0.2, -0.15) is 0 Å². The van der Waals surface area contributed by atoms with Gasteiger partial charge in [-0.3, -0.25) is 14.6 Å². The van der Waals surface area contributed by atoms with Crippen LogP contribution in [0.15, 0.2) is 78.6 Å². The molecule has 4 rings (SSSR count). The molecule has 0 bridgehead atoms. The Labute approximate surface area is 191 Å². The number of benzene rings is 2. The number of halogens is 1. The molecule has 0 aliphatic carbocycles. The number of aromatic nitrogens is 1. The number of ether oxygens (including phenoxy) is 1. The number of ketones is 1. The third-order valence-corrected chi connectivity index (χ3v) is 5.30. The molecule has 3 aromatic rings. The smallest absolute Gasteiger partial charge is 0.295 e. The molecule has 6 nitrogen and oxygen atoms in total. The predicted octanol–water partition coefficient (Wildman–Crippen LogP) is 4.63. The largest absolute Gasteiger partial charge is 0.507 e. The van der Waals surface area contributed by atoms with Crippen LogP contribution in [-0.2, 0) is 16.1 Å². The minimum absolute atomic E-state index is 0.00876. The number of hydrogen-bond donors (Lipinski definition) is 1. The highest BCUT2D eigenvalue weighted by Crippen LogP contribution is 2.40. The summed E-state index contributed by atoms with van der Waals surface area (Å²) in [4.78, 5) is 31.6. The van der Waals surface area contributed by atoms with E-state index in [1.165, 1.54) is 29.2 Å². The Balaban J connectivity index is 1.81. The van der Waals surface area contributed by atoms with Gasteiger partial charge < -0.3 is 14.7 Å². The van der Waals surface area contributed by atoms with Crippen molar-refractivity contribution >= 4 is 17.4 Å². The van der Waals surface area contributed by atoms with Crippen LogP contribution < -0.4 is 4.74 Å². The molecule has 2 aromatic carbocycles. The van der Waals surface area contributed by atoms with E-state index in [1.54, 1.807) is 42.7 Å². The summed E-state index contributed by atoms with van der Waals surface area (Å²) >= 11 is 0. The Morgan fingerprint density at radius 1 is 1.09 bits per heavy atom. The average Bonchev–Trinajstić information content (AvgIpc) is 3.05. The molecule has 1 N–H and O–H groups in total. The molecule has 1 unspecified atom stereocenters. The van der Waals surface area contributed by atoms with Crippen molar-refractivity contribution in [1.29, 1.82) is 0 Å². The first-order valence-electron chi connectivity index (χ1n) is 10.5. The summed E-state index contributed by atoms with van der Waals surface area (Å²) in [5.74, 6) is -1.70. The van der Waals surface area contributed by atoms with E-state index in [4.69, 9.17) is 4.74 Å². The fourth-order valence-corrected chi connectivity index (χ4v) is 3.84. The van der Waals surface area contributed by atoms with Crippen molar-refractivity contribution in [2.75, 3.05) is 0 Å². The fraction of sp³-hybridized carbons (Fsp3) is 0.192. The van der Waals surface area contributed by atoms with Gasteiger partial charge in [0.05, 0.1) is 17.7 Å². The monoisotopic (exact) mass is 446 g/mol. The zero-order chi connectivity index (χ0) is 23.5. The standard InChI is InChI=1S/C26H23FN2O4/c1-16(2)33-21-11-7-18(8-12-21)23-22(24(30)19-5-9-20(27)10-6-19)25(31)26(32)29(23)15-17-4-3-13-28-14-17/h3-14,16,23,30H,15H2,1-2H3/b24-22+.